The molecule has 3 heterocycles. The molecule has 9 heteroatoms. The number of fused-ring (bicyclic) bond motifs is 1. The smallest absolute Gasteiger partial charge is 0.243 e. The summed E-state index contributed by atoms with van der Waals surface area (Å²) >= 11 is 0. The molecule has 1 aliphatic heterocycles. The zero-order chi connectivity index (χ0) is 29.1. The summed E-state index contributed by atoms with van der Waals surface area (Å²) in [4.78, 5) is 7.62. The van der Waals surface area contributed by atoms with E-state index in [-0.39, 0.29) is 4.90 Å². The van der Waals surface area contributed by atoms with Gasteiger partial charge >= 0.3 is 0 Å². The predicted molar refractivity (Wildman–Crippen MR) is 164 cm³/mol. The molecule has 1 fully saturated rings. The van der Waals surface area contributed by atoms with Crippen molar-refractivity contribution in [3.05, 3.63) is 103 Å². The van der Waals surface area contributed by atoms with Crippen molar-refractivity contribution in [2.75, 3.05) is 39.9 Å². The summed E-state index contributed by atoms with van der Waals surface area (Å²) in [5.41, 5.74) is 6.07. The third-order valence-electron chi connectivity index (χ3n) is 7.64. The molecule has 6 rings (SSSR count). The quantitative estimate of drug-likeness (QED) is 0.226. The Kier molecular flexibility index (Phi) is 7.97. The fourth-order valence-corrected chi connectivity index (χ4v) is 6.83. The molecule has 8 nitrogen and oxygen atoms in total. The van der Waals surface area contributed by atoms with Crippen LogP contribution < -0.4 is 9.47 Å². The number of pyridine rings is 1. The van der Waals surface area contributed by atoms with Gasteiger partial charge in [0.25, 0.3) is 0 Å². The van der Waals surface area contributed by atoms with Gasteiger partial charge < -0.3 is 13.9 Å². The maximum Gasteiger partial charge on any atom is 0.243 e. The van der Waals surface area contributed by atoms with E-state index >= 15 is 0 Å². The highest BCUT2D eigenvalue weighted by molar-refractivity contribution is 7.89. The molecule has 0 atom stereocenters. The summed E-state index contributed by atoms with van der Waals surface area (Å²) in [5.74, 6) is 1.47. The minimum Gasteiger partial charge on any atom is -0.497 e. The Bertz CT molecular complexity index is 1780. The van der Waals surface area contributed by atoms with E-state index in [1.165, 1.54) is 0 Å². The number of rotatable bonds is 9. The van der Waals surface area contributed by atoms with E-state index < -0.39 is 10.0 Å². The molecule has 0 spiro atoms. The van der Waals surface area contributed by atoms with Crippen LogP contribution >= 0.6 is 0 Å². The third kappa shape index (κ3) is 5.63. The highest BCUT2D eigenvalue weighted by Crippen LogP contribution is 2.30. The molecule has 42 heavy (non-hydrogen) atoms. The van der Waals surface area contributed by atoms with Gasteiger partial charge in [0.2, 0.25) is 10.0 Å². The second-order valence-corrected chi connectivity index (χ2v) is 12.2. The Morgan fingerprint density at radius 2 is 1.52 bits per heavy atom. The lowest BCUT2D eigenvalue weighted by atomic mass is 10.1. The van der Waals surface area contributed by atoms with E-state index in [0.717, 1.165) is 39.5 Å². The predicted octanol–water partition coefficient (Wildman–Crippen LogP) is 5.58. The summed E-state index contributed by atoms with van der Waals surface area (Å²) in [5, 5.41) is 0. The van der Waals surface area contributed by atoms with Gasteiger partial charge in [-0.2, -0.15) is 4.31 Å². The highest BCUT2D eigenvalue weighted by atomic mass is 32.2. The second kappa shape index (κ2) is 12.0. The summed E-state index contributed by atoms with van der Waals surface area (Å²) < 4.78 is 41.3. The number of ether oxygens (including phenoxy) is 2. The SMILES string of the molecule is CCOc1cccc(-c2ccc3nc(-c4ccccc4)c(CN4CCN(S(=O)(=O)c5ccc(OC)cc5)CC4)n3c2)c1. The van der Waals surface area contributed by atoms with Crippen LogP contribution in [0.5, 0.6) is 11.5 Å². The number of piperazine rings is 1. The zero-order valence-electron chi connectivity index (χ0n) is 23.8. The van der Waals surface area contributed by atoms with E-state index in [2.05, 4.69) is 51.9 Å². The Hall–Kier alpha value is -4.18. The van der Waals surface area contributed by atoms with Gasteiger partial charge in [-0.25, -0.2) is 13.4 Å². The molecule has 0 unspecified atom stereocenters. The first-order chi connectivity index (χ1) is 20.5. The average molecular weight is 583 g/mol. The van der Waals surface area contributed by atoms with Gasteiger partial charge in [0.05, 0.1) is 30.0 Å². The highest BCUT2D eigenvalue weighted by Gasteiger charge is 2.29. The Balaban J connectivity index is 1.28. The van der Waals surface area contributed by atoms with Crippen molar-refractivity contribution in [1.29, 1.82) is 0 Å². The molecular formula is C33H34N4O4S. The lowest BCUT2D eigenvalue weighted by Crippen LogP contribution is -2.48. The summed E-state index contributed by atoms with van der Waals surface area (Å²) in [6, 6.07) is 29.0. The summed E-state index contributed by atoms with van der Waals surface area (Å²) in [7, 11) is -2.01. The number of aromatic nitrogens is 2. The summed E-state index contributed by atoms with van der Waals surface area (Å²) in [6.07, 6.45) is 2.14. The molecule has 0 N–H and O–H groups in total. The van der Waals surface area contributed by atoms with Crippen molar-refractivity contribution in [3.8, 4) is 33.9 Å². The Morgan fingerprint density at radius 3 is 2.24 bits per heavy atom. The number of nitrogens with zero attached hydrogens (tertiary/aromatic N) is 4. The molecule has 0 radical (unpaired) electrons. The lowest BCUT2D eigenvalue weighted by Gasteiger charge is -2.34. The van der Waals surface area contributed by atoms with Crippen LogP contribution in [-0.2, 0) is 16.6 Å². The maximum absolute atomic E-state index is 13.3. The van der Waals surface area contributed by atoms with Gasteiger partial charge in [0.1, 0.15) is 17.1 Å². The molecule has 1 aliphatic rings. The van der Waals surface area contributed by atoms with Crippen LogP contribution in [-0.4, -0.2) is 66.9 Å². The first-order valence-electron chi connectivity index (χ1n) is 14.1. The molecule has 216 valence electrons. The third-order valence-corrected chi connectivity index (χ3v) is 9.56. The number of imidazole rings is 1. The van der Waals surface area contributed by atoms with Crippen molar-refractivity contribution < 1.29 is 17.9 Å². The summed E-state index contributed by atoms with van der Waals surface area (Å²) in [6.45, 7) is 5.31. The molecular weight excluding hydrogens is 548 g/mol. The Morgan fingerprint density at radius 1 is 0.786 bits per heavy atom. The molecule has 0 saturated carbocycles. The minimum atomic E-state index is -3.58. The molecule has 0 aliphatic carbocycles. The van der Waals surface area contributed by atoms with Crippen molar-refractivity contribution in [1.82, 2.24) is 18.6 Å². The fraction of sp³-hybridized carbons (Fsp3) is 0.242. The van der Waals surface area contributed by atoms with E-state index in [1.807, 2.05) is 37.3 Å². The van der Waals surface area contributed by atoms with Gasteiger partial charge in [-0.3, -0.25) is 4.90 Å². The number of benzene rings is 3. The lowest BCUT2D eigenvalue weighted by molar-refractivity contribution is 0.180. The molecule has 0 bridgehead atoms. The van der Waals surface area contributed by atoms with Gasteiger partial charge in [-0.1, -0.05) is 42.5 Å². The van der Waals surface area contributed by atoms with Crippen molar-refractivity contribution >= 4 is 15.7 Å². The zero-order valence-corrected chi connectivity index (χ0v) is 24.6. The van der Waals surface area contributed by atoms with Crippen molar-refractivity contribution in [3.63, 3.8) is 0 Å². The first kappa shape index (κ1) is 28.0. The monoisotopic (exact) mass is 582 g/mol. The first-order valence-corrected chi connectivity index (χ1v) is 15.6. The molecule has 0 amide bonds. The van der Waals surface area contributed by atoms with E-state index in [9.17, 15) is 8.42 Å². The van der Waals surface area contributed by atoms with Crippen LogP contribution in [0.2, 0.25) is 0 Å². The molecule has 5 aromatic rings. The number of sulfonamides is 1. The average Bonchev–Trinajstić information content (AvgIpc) is 3.39. The topological polar surface area (TPSA) is 76.4 Å². The largest absolute Gasteiger partial charge is 0.497 e. The minimum absolute atomic E-state index is 0.283. The van der Waals surface area contributed by atoms with E-state index in [1.54, 1.807) is 35.7 Å². The second-order valence-electron chi connectivity index (χ2n) is 10.2. The van der Waals surface area contributed by atoms with Crippen LogP contribution in [0, 0.1) is 0 Å². The van der Waals surface area contributed by atoms with Crippen LogP contribution in [0.3, 0.4) is 0 Å². The standard InChI is InChI=1S/C33H34N4O4S/c1-3-41-29-11-7-10-26(22-29)27-12-17-32-34-33(25-8-5-4-6-9-25)31(37(32)23-27)24-35-18-20-36(21-19-35)42(38,39)30-15-13-28(40-2)14-16-30/h4-17,22-23H,3,18-21,24H2,1-2H3. The van der Waals surface area contributed by atoms with Gasteiger partial charge in [0, 0.05) is 44.5 Å². The van der Waals surface area contributed by atoms with Crippen LogP contribution in [0.25, 0.3) is 28.0 Å². The van der Waals surface area contributed by atoms with Gasteiger partial charge in [-0.05, 0) is 66.6 Å². The molecule has 1 saturated heterocycles. The molecule has 3 aromatic carbocycles. The van der Waals surface area contributed by atoms with E-state index in [0.29, 0.717) is 45.1 Å². The van der Waals surface area contributed by atoms with Crippen LogP contribution in [0.4, 0.5) is 0 Å². The Labute approximate surface area is 246 Å². The fourth-order valence-electron chi connectivity index (χ4n) is 5.41. The maximum atomic E-state index is 13.3. The number of hydrogen-bond donors (Lipinski definition) is 0. The number of methoxy groups -OCH3 is 1. The van der Waals surface area contributed by atoms with Gasteiger partial charge in [-0.15, -0.1) is 0 Å². The van der Waals surface area contributed by atoms with Crippen LogP contribution in [0.1, 0.15) is 12.6 Å². The van der Waals surface area contributed by atoms with Crippen LogP contribution in [0.15, 0.2) is 102 Å². The molecule has 2 aromatic heterocycles. The van der Waals surface area contributed by atoms with Crippen molar-refractivity contribution in [2.24, 2.45) is 0 Å². The number of hydrogen-bond acceptors (Lipinski definition) is 6. The normalized spacial score (nSPS) is 14.7. The van der Waals surface area contributed by atoms with Gasteiger partial charge in [0.15, 0.2) is 0 Å². The van der Waals surface area contributed by atoms with E-state index in [4.69, 9.17) is 14.5 Å². The van der Waals surface area contributed by atoms with Crippen molar-refractivity contribution in [2.45, 2.75) is 18.4 Å².